The van der Waals surface area contributed by atoms with E-state index in [-0.39, 0.29) is 11.8 Å². The van der Waals surface area contributed by atoms with Crippen LogP contribution in [0.1, 0.15) is 33.8 Å². The van der Waals surface area contributed by atoms with Crippen LogP contribution in [0, 0.1) is 0 Å². The zero-order chi connectivity index (χ0) is 14.8. The second-order valence-electron chi connectivity index (χ2n) is 5.21. The van der Waals surface area contributed by atoms with Crippen LogP contribution < -0.4 is 0 Å². The van der Waals surface area contributed by atoms with Crippen LogP contribution in [0.15, 0.2) is 23.7 Å². The molecule has 1 aliphatic rings. The van der Waals surface area contributed by atoms with E-state index in [1.165, 1.54) is 11.3 Å². The largest absolute Gasteiger partial charge is 0.384 e. The molecule has 0 aliphatic carbocycles. The van der Waals surface area contributed by atoms with Crippen molar-refractivity contribution in [3.05, 3.63) is 39.8 Å². The third kappa shape index (κ3) is 2.73. The van der Waals surface area contributed by atoms with Crippen molar-refractivity contribution in [1.82, 2.24) is 14.7 Å². The Balaban J connectivity index is 1.88. The third-order valence-corrected chi connectivity index (χ3v) is 4.63. The van der Waals surface area contributed by atoms with Gasteiger partial charge in [0.25, 0.3) is 5.91 Å². The number of aryl methyl sites for hydroxylation is 1. The fourth-order valence-corrected chi connectivity index (χ4v) is 3.46. The lowest BCUT2D eigenvalue weighted by Crippen LogP contribution is -2.39. The number of carbonyl (C=O) groups excluding carboxylic acids is 1. The van der Waals surface area contributed by atoms with E-state index in [1.807, 2.05) is 33.3 Å². The molecule has 112 valence electrons. The zero-order valence-electron chi connectivity index (χ0n) is 12.3. The molecule has 0 N–H and O–H groups in total. The molecule has 0 saturated heterocycles. The van der Waals surface area contributed by atoms with Gasteiger partial charge < -0.3 is 9.64 Å². The molecule has 0 saturated carbocycles. The maximum Gasteiger partial charge on any atom is 0.264 e. The summed E-state index contributed by atoms with van der Waals surface area (Å²) in [6.07, 6.45) is 2.05. The number of amides is 1. The molecule has 3 heterocycles. The Hall–Kier alpha value is -1.66. The van der Waals surface area contributed by atoms with E-state index in [1.54, 1.807) is 7.11 Å². The minimum absolute atomic E-state index is 0.0981. The lowest BCUT2D eigenvalue weighted by molar-refractivity contribution is 0.0683. The van der Waals surface area contributed by atoms with E-state index in [2.05, 4.69) is 12.0 Å². The molecule has 1 atom stereocenters. The average Bonchev–Trinajstić information content (AvgIpc) is 3.15. The highest BCUT2D eigenvalue weighted by atomic mass is 32.1. The lowest BCUT2D eigenvalue weighted by Gasteiger charge is -2.31. The van der Waals surface area contributed by atoms with Crippen LogP contribution in [-0.2, 0) is 17.8 Å². The molecule has 21 heavy (non-hydrogen) atoms. The van der Waals surface area contributed by atoms with Gasteiger partial charge in [-0.3, -0.25) is 9.48 Å². The zero-order valence-corrected chi connectivity index (χ0v) is 13.1. The van der Waals surface area contributed by atoms with Gasteiger partial charge in [-0.1, -0.05) is 6.07 Å². The first kappa shape index (κ1) is 14.3. The number of carbonyl (C=O) groups is 1. The molecular formula is C15H19N3O2S. The Morgan fingerprint density at radius 2 is 2.43 bits per heavy atom. The molecule has 3 rings (SSSR count). The Labute approximate surface area is 128 Å². The molecule has 0 unspecified atom stereocenters. The van der Waals surface area contributed by atoms with Crippen LogP contribution in [-0.4, -0.2) is 40.8 Å². The van der Waals surface area contributed by atoms with E-state index < -0.39 is 0 Å². The van der Waals surface area contributed by atoms with Gasteiger partial charge in [-0.2, -0.15) is 5.10 Å². The summed E-state index contributed by atoms with van der Waals surface area (Å²) in [4.78, 5) is 15.3. The van der Waals surface area contributed by atoms with Gasteiger partial charge in [0.1, 0.15) is 0 Å². The summed E-state index contributed by atoms with van der Waals surface area (Å²) in [5.74, 6) is 0.247. The molecular weight excluding hydrogens is 286 g/mol. The molecule has 0 spiro atoms. The summed E-state index contributed by atoms with van der Waals surface area (Å²) >= 11 is 1.49. The first-order valence-electron chi connectivity index (χ1n) is 7.10. The van der Waals surface area contributed by atoms with Crippen LogP contribution in [0.4, 0.5) is 0 Å². The van der Waals surface area contributed by atoms with Gasteiger partial charge in [-0.05, 0) is 18.4 Å². The summed E-state index contributed by atoms with van der Waals surface area (Å²) in [7, 11) is 1.69. The normalized spacial score (nSPS) is 17.8. The molecule has 2 aromatic rings. The molecule has 6 heteroatoms. The van der Waals surface area contributed by atoms with Crippen molar-refractivity contribution in [2.45, 2.75) is 25.9 Å². The summed E-state index contributed by atoms with van der Waals surface area (Å²) in [5.41, 5.74) is 2.21. The van der Waals surface area contributed by atoms with Gasteiger partial charge in [0.05, 0.1) is 17.2 Å². The highest BCUT2D eigenvalue weighted by molar-refractivity contribution is 7.12. The second kappa shape index (κ2) is 5.99. The van der Waals surface area contributed by atoms with Crippen molar-refractivity contribution < 1.29 is 9.53 Å². The molecule has 2 aromatic heterocycles. The van der Waals surface area contributed by atoms with Gasteiger partial charge in [-0.25, -0.2) is 0 Å². The Bertz CT molecular complexity index is 621. The van der Waals surface area contributed by atoms with Gasteiger partial charge >= 0.3 is 0 Å². The van der Waals surface area contributed by atoms with E-state index in [4.69, 9.17) is 4.74 Å². The SMILES string of the molecule is CCn1cc2c(n1)[C@H](COC)CN(C(=O)c1cccs1)C2. The van der Waals surface area contributed by atoms with Gasteiger partial charge in [0.15, 0.2) is 0 Å². The predicted octanol–water partition coefficient (Wildman–Crippen LogP) is 2.35. The van der Waals surface area contributed by atoms with E-state index >= 15 is 0 Å². The third-order valence-electron chi connectivity index (χ3n) is 3.77. The number of methoxy groups -OCH3 is 1. The highest BCUT2D eigenvalue weighted by Gasteiger charge is 2.31. The monoisotopic (exact) mass is 305 g/mol. The van der Waals surface area contributed by atoms with E-state index in [0.717, 1.165) is 22.7 Å². The maximum atomic E-state index is 12.6. The average molecular weight is 305 g/mol. The fourth-order valence-electron chi connectivity index (χ4n) is 2.77. The summed E-state index contributed by atoms with van der Waals surface area (Å²) < 4.78 is 7.25. The molecule has 0 fully saturated rings. The number of nitrogens with zero attached hydrogens (tertiary/aromatic N) is 3. The molecule has 1 aliphatic heterocycles. The van der Waals surface area contributed by atoms with Crippen LogP contribution >= 0.6 is 11.3 Å². The predicted molar refractivity (Wildman–Crippen MR) is 81.6 cm³/mol. The highest BCUT2D eigenvalue weighted by Crippen LogP contribution is 2.29. The summed E-state index contributed by atoms with van der Waals surface area (Å²) in [5, 5.41) is 6.56. The smallest absolute Gasteiger partial charge is 0.264 e. The number of fused-ring (bicyclic) bond motifs is 1. The Morgan fingerprint density at radius 3 is 3.10 bits per heavy atom. The van der Waals surface area contributed by atoms with Crippen molar-refractivity contribution >= 4 is 17.2 Å². The van der Waals surface area contributed by atoms with Crippen molar-refractivity contribution in [3.63, 3.8) is 0 Å². The van der Waals surface area contributed by atoms with Crippen LogP contribution in [0.3, 0.4) is 0 Å². The lowest BCUT2D eigenvalue weighted by atomic mass is 9.97. The number of rotatable bonds is 4. The van der Waals surface area contributed by atoms with Gasteiger partial charge in [0, 0.05) is 44.4 Å². The first-order chi connectivity index (χ1) is 10.2. The number of thiophene rings is 1. The van der Waals surface area contributed by atoms with Crippen molar-refractivity contribution in [1.29, 1.82) is 0 Å². The van der Waals surface area contributed by atoms with Crippen molar-refractivity contribution in [2.75, 3.05) is 20.3 Å². The molecule has 1 amide bonds. The van der Waals surface area contributed by atoms with Crippen molar-refractivity contribution in [3.8, 4) is 0 Å². The van der Waals surface area contributed by atoms with Crippen LogP contribution in [0.2, 0.25) is 0 Å². The standard InChI is InChI=1S/C15H19N3O2S/c1-3-18-9-11-7-17(15(19)13-5-4-6-21-13)8-12(10-20-2)14(11)16-18/h4-6,9,12H,3,7-8,10H2,1-2H3/t12-/m0/s1. The fraction of sp³-hybridized carbons (Fsp3) is 0.467. The Kier molecular flexibility index (Phi) is 4.07. The second-order valence-corrected chi connectivity index (χ2v) is 6.16. The van der Waals surface area contributed by atoms with Gasteiger partial charge in [0.2, 0.25) is 0 Å². The molecule has 0 aromatic carbocycles. The molecule has 0 radical (unpaired) electrons. The quantitative estimate of drug-likeness (QED) is 0.871. The summed E-state index contributed by atoms with van der Waals surface area (Å²) in [6, 6.07) is 3.79. The molecule has 5 nitrogen and oxygen atoms in total. The van der Waals surface area contributed by atoms with E-state index in [0.29, 0.717) is 19.7 Å². The number of hydrogen-bond acceptors (Lipinski definition) is 4. The Morgan fingerprint density at radius 1 is 1.57 bits per heavy atom. The number of hydrogen-bond donors (Lipinski definition) is 0. The minimum Gasteiger partial charge on any atom is -0.384 e. The van der Waals surface area contributed by atoms with Crippen molar-refractivity contribution in [2.24, 2.45) is 0 Å². The first-order valence-corrected chi connectivity index (χ1v) is 7.98. The molecule has 0 bridgehead atoms. The number of ether oxygens (including phenoxy) is 1. The van der Waals surface area contributed by atoms with Crippen LogP contribution in [0.5, 0.6) is 0 Å². The van der Waals surface area contributed by atoms with Gasteiger partial charge in [-0.15, -0.1) is 11.3 Å². The van der Waals surface area contributed by atoms with E-state index in [9.17, 15) is 4.79 Å². The topological polar surface area (TPSA) is 47.4 Å². The van der Waals surface area contributed by atoms with Crippen LogP contribution in [0.25, 0.3) is 0 Å². The number of aromatic nitrogens is 2. The summed E-state index contributed by atoms with van der Waals surface area (Å²) in [6.45, 7) is 4.79. The maximum absolute atomic E-state index is 12.6. The minimum atomic E-state index is 0.0981.